The lowest BCUT2D eigenvalue weighted by atomic mass is 10.0. The van der Waals surface area contributed by atoms with Gasteiger partial charge in [0.2, 0.25) is 0 Å². The summed E-state index contributed by atoms with van der Waals surface area (Å²) >= 11 is 0. The normalized spacial score (nSPS) is 12.1. The lowest BCUT2D eigenvalue weighted by Gasteiger charge is -2.16. The fraction of sp³-hybridized carbons (Fsp3) is 0.286. The number of hydrogen-bond acceptors (Lipinski definition) is 4. The highest BCUT2D eigenvalue weighted by molar-refractivity contribution is 5.94. The Kier molecular flexibility index (Phi) is 4.32. The molecule has 2 aromatic rings. The zero-order valence-electron chi connectivity index (χ0n) is 11.7. The summed E-state index contributed by atoms with van der Waals surface area (Å²) in [6, 6.07) is 8.17. The number of carboxylic acids is 1. The maximum atomic E-state index is 12.0. The predicted octanol–water partition coefficient (Wildman–Crippen LogP) is 1.11. The Morgan fingerprint density at radius 1 is 1.24 bits per heavy atom. The first-order valence-corrected chi connectivity index (χ1v) is 6.50. The second kappa shape index (κ2) is 6.17. The molecule has 1 amide bonds. The Morgan fingerprint density at radius 3 is 2.48 bits per heavy atom. The third kappa shape index (κ3) is 3.44. The van der Waals surface area contributed by atoms with Gasteiger partial charge in [-0.05, 0) is 18.1 Å². The van der Waals surface area contributed by atoms with Crippen LogP contribution < -0.4 is 5.32 Å². The smallest absolute Gasteiger partial charge is 0.326 e. The predicted molar refractivity (Wildman–Crippen MR) is 75.1 cm³/mol. The molecule has 0 unspecified atom stereocenters. The second-order valence-corrected chi connectivity index (χ2v) is 4.89. The SMILES string of the molecule is CC(C)[C@H](NC(=O)c1cnn(-c2ccccc2)n1)C(=O)O. The summed E-state index contributed by atoms with van der Waals surface area (Å²) in [6.45, 7) is 3.44. The van der Waals surface area contributed by atoms with E-state index in [2.05, 4.69) is 15.5 Å². The van der Waals surface area contributed by atoms with Crippen molar-refractivity contribution in [3.63, 3.8) is 0 Å². The molecule has 21 heavy (non-hydrogen) atoms. The van der Waals surface area contributed by atoms with E-state index in [0.29, 0.717) is 0 Å². The highest BCUT2D eigenvalue weighted by atomic mass is 16.4. The fourth-order valence-electron chi connectivity index (χ4n) is 1.78. The number of para-hydroxylation sites is 1. The molecule has 1 aromatic carbocycles. The molecule has 0 aliphatic heterocycles. The third-order valence-corrected chi connectivity index (χ3v) is 2.93. The van der Waals surface area contributed by atoms with Crippen LogP contribution in [0.15, 0.2) is 36.5 Å². The van der Waals surface area contributed by atoms with Gasteiger partial charge in [-0.3, -0.25) is 4.79 Å². The van der Waals surface area contributed by atoms with Gasteiger partial charge in [0, 0.05) is 0 Å². The third-order valence-electron chi connectivity index (χ3n) is 2.93. The number of carbonyl (C=O) groups is 2. The molecule has 0 saturated carbocycles. The largest absolute Gasteiger partial charge is 0.480 e. The van der Waals surface area contributed by atoms with Crippen molar-refractivity contribution >= 4 is 11.9 Å². The van der Waals surface area contributed by atoms with Crippen LogP contribution in [0.2, 0.25) is 0 Å². The Labute approximate surface area is 121 Å². The van der Waals surface area contributed by atoms with E-state index in [4.69, 9.17) is 5.11 Å². The lowest BCUT2D eigenvalue weighted by molar-refractivity contribution is -0.140. The van der Waals surface area contributed by atoms with Gasteiger partial charge in [0.1, 0.15) is 6.04 Å². The van der Waals surface area contributed by atoms with E-state index in [1.54, 1.807) is 26.0 Å². The molecule has 1 heterocycles. The van der Waals surface area contributed by atoms with Crippen LogP contribution in [0, 0.1) is 5.92 Å². The summed E-state index contributed by atoms with van der Waals surface area (Å²) in [5.41, 5.74) is 0.793. The van der Waals surface area contributed by atoms with Crippen LogP contribution in [-0.4, -0.2) is 38.0 Å². The molecule has 7 heteroatoms. The average Bonchev–Trinajstić information content (AvgIpc) is 2.94. The summed E-state index contributed by atoms with van der Waals surface area (Å²) < 4.78 is 0. The van der Waals surface area contributed by atoms with Crippen molar-refractivity contribution in [2.24, 2.45) is 5.92 Å². The number of rotatable bonds is 5. The molecular formula is C14H16N4O3. The van der Waals surface area contributed by atoms with Crippen LogP contribution in [0.4, 0.5) is 0 Å². The highest BCUT2D eigenvalue weighted by Gasteiger charge is 2.25. The summed E-state index contributed by atoms with van der Waals surface area (Å²) in [5.74, 6) is -1.86. The average molecular weight is 288 g/mol. The number of nitrogens with one attached hydrogen (secondary N) is 1. The van der Waals surface area contributed by atoms with E-state index < -0.39 is 17.9 Å². The number of aliphatic carboxylic acids is 1. The maximum Gasteiger partial charge on any atom is 0.326 e. The molecule has 1 aromatic heterocycles. The van der Waals surface area contributed by atoms with E-state index in [-0.39, 0.29) is 11.6 Å². The van der Waals surface area contributed by atoms with Crippen LogP contribution in [0.5, 0.6) is 0 Å². The Hall–Kier alpha value is -2.70. The Balaban J connectivity index is 2.14. The minimum absolute atomic E-state index is 0.0748. The molecule has 0 aliphatic carbocycles. The minimum Gasteiger partial charge on any atom is -0.480 e. The first-order valence-electron chi connectivity index (χ1n) is 6.50. The van der Waals surface area contributed by atoms with Crippen molar-refractivity contribution < 1.29 is 14.7 Å². The maximum absolute atomic E-state index is 12.0. The number of nitrogens with zero attached hydrogens (tertiary/aromatic N) is 3. The molecule has 0 bridgehead atoms. The second-order valence-electron chi connectivity index (χ2n) is 4.89. The summed E-state index contributed by atoms with van der Waals surface area (Å²) in [4.78, 5) is 24.4. The van der Waals surface area contributed by atoms with E-state index in [9.17, 15) is 9.59 Å². The van der Waals surface area contributed by atoms with Crippen LogP contribution >= 0.6 is 0 Å². The molecule has 0 aliphatic rings. The van der Waals surface area contributed by atoms with E-state index >= 15 is 0 Å². The number of amides is 1. The highest BCUT2D eigenvalue weighted by Crippen LogP contribution is 2.06. The van der Waals surface area contributed by atoms with Crippen LogP contribution in [0.1, 0.15) is 24.3 Å². The molecule has 2 N–H and O–H groups in total. The Morgan fingerprint density at radius 2 is 1.90 bits per heavy atom. The summed E-state index contributed by atoms with van der Waals surface area (Å²) in [5, 5.41) is 19.6. The summed E-state index contributed by atoms with van der Waals surface area (Å²) in [6.07, 6.45) is 1.31. The van der Waals surface area contributed by atoms with Gasteiger partial charge in [0.05, 0.1) is 11.9 Å². The van der Waals surface area contributed by atoms with Gasteiger partial charge in [-0.25, -0.2) is 4.79 Å². The number of aromatic nitrogens is 3. The number of benzene rings is 1. The minimum atomic E-state index is -1.08. The molecule has 0 saturated heterocycles. The van der Waals surface area contributed by atoms with Crippen molar-refractivity contribution in [1.29, 1.82) is 0 Å². The standard InChI is InChI=1S/C14H16N4O3/c1-9(2)12(14(20)21)16-13(19)11-8-15-18(17-11)10-6-4-3-5-7-10/h3-9,12H,1-2H3,(H,16,19)(H,20,21)/t12-/m0/s1. The Bertz CT molecular complexity index is 637. The van der Waals surface area contributed by atoms with Gasteiger partial charge in [-0.1, -0.05) is 32.0 Å². The van der Waals surface area contributed by atoms with Crippen molar-refractivity contribution in [3.05, 3.63) is 42.2 Å². The lowest BCUT2D eigenvalue weighted by Crippen LogP contribution is -2.44. The molecule has 1 atom stereocenters. The summed E-state index contributed by atoms with van der Waals surface area (Å²) in [7, 11) is 0. The van der Waals surface area contributed by atoms with E-state index in [1.165, 1.54) is 11.0 Å². The zero-order valence-corrected chi connectivity index (χ0v) is 11.7. The topological polar surface area (TPSA) is 97.1 Å². The van der Waals surface area contributed by atoms with Gasteiger partial charge < -0.3 is 10.4 Å². The van der Waals surface area contributed by atoms with Gasteiger partial charge >= 0.3 is 5.97 Å². The number of carbonyl (C=O) groups excluding carboxylic acids is 1. The van der Waals surface area contributed by atoms with E-state index in [1.807, 2.05) is 18.2 Å². The monoisotopic (exact) mass is 288 g/mol. The van der Waals surface area contributed by atoms with E-state index in [0.717, 1.165) is 5.69 Å². The van der Waals surface area contributed by atoms with Crippen LogP contribution in [0.25, 0.3) is 5.69 Å². The van der Waals surface area contributed by atoms with Gasteiger partial charge in [-0.15, -0.1) is 5.10 Å². The quantitative estimate of drug-likeness (QED) is 0.859. The molecular weight excluding hydrogens is 272 g/mol. The molecule has 110 valence electrons. The molecule has 0 fully saturated rings. The van der Waals surface area contributed by atoms with Gasteiger partial charge in [0.15, 0.2) is 5.69 Å². The first-order chi connectivity index (χ1) is 9.99. The van der Waals surface area contributed by atoms with Crippen LogP contribution in [-0.2, 0) is 4.79 Å². The molecule has 0 radical (unpaired) electrons. The van der Waals surface area contributed by atoms with Gasteiger partial charge in [0.25, 0.3) is 5.91 Å². The zero-order chi connectivity index (χ0) is 15.4. The van der Waals surface area contributed by atoms with Crippen molar-refractivity contribution in [2.45, 2.75) is 19.9 Å². The van der Waals surface area contributed by atoms with Crippen molar-refractivity contribution in [3.8, 4) is 5.69 Å². The first kappa shape index (κ1) is 14.7. The van der Waals surface area contributed by atoms with Crippen molar-refractivity contribution in [1.82, 2.24) is 20.3 Å². The molecule has 7 nitrogen and oxygen atoms in total. The molecule has 0 spiro atoms. The molecule has 2 rings (SSSR count). The van der Waals surface area contributed by atoms with Crippen LogP contribution in [0.3, 0.4) is 0 Å². The van der Waals surface area contributed by atoms with Gasteiger partial charge in [-0.2, -0.15) is 9.90 Å². The number of hydrogen-bond donors (Lipinski definition) is 2. The fourth-order valence-corrected chi connectivity index (χ4v) is 1.78. The number of carboxylic acid groups (broad SMARTS) is 1. The van der Waals surface area contributed by atoms with Crippen molar-refractivity contribution in [2.75, 3.05) is 0 Å².